The number of aryl methyl sites for hydroxylation is 1. The topological polar surface area (TPSA) is 38.3 Å². The standard InChI is InChI=1S/C19H22ClNO2S/c1-14-3-9-18(10-4-14)23-15(2)19(22)21-11-12-24-13-16-5-7-17(20)8-6-16/h3-10,15H,11-13H2,1-2H3,(H,21,22)/t15-/m1/s1. The summed E-state index contributed by atoms with van der Waals surface area (Å²) in [6.07, 6.45) is -0.506. The molecule has 2 aromatic carbocycles. The summed E-state index contributed by atoms with van der Waals surface area (Å²) in [5.41, 5.74) is 2.39. The zero-order valence-electron chi connectivity index (χ0n) is 13.9. The summed E-state index contributed by atoms with van der Waals surface area (Å²) in [5.74, 6) is 2.37. The monoisotopic (exact) mass is 363 g/mol. The molecule has 128 valence electrons. The highest BCUT2D eigenvalue weighted by Crippen LogP contribution is 2.15. The van der Waals surface area contributed by atoms with Crippen molar-refractivity contribution in [2.24, 2.45) is 0 Å². The molecule has 0 aliphatic heterocycles. The van der Waals surface area contributed by atoms with Crippen LogP contribution in [0.1, 0.15) is 18.1 Å². The minimum absolute atomic E-state index is 0.0948. The number of hydrogen-bond donors (Lipinski definition) is 1. The second-order valence-corrected chi connectivity index (χ2v) is 7.08. The lowest BCUT2D eigenvalue weighted by molar-refractivity contribution is -0.127. The summed E-state index contributed by atoms with van der Waals surface area (Å²) in [4.78, 5) is 12.0. The number of ether oxygens (including phenoxy) is 1. The van der Waals surface area contributed by atoms with Gasteiger partial charge in [-0.2, -0.15) is 11.8 Å². The molecule has 1 atom stereocenters. The Labute approximate surface area is 152 Å². The molecule has 1 N–H and O–H groups in total. The largest absolute Gasteiger partial charge is 0.481 e. The first-order valence-electron chi connectivity index (χ1n) is 7.88. The van der Waals surface area contributed by atoms with Crippen LogP contribution in [0.3, 0.4) is 0 Å². The summed E-state index contributed by atoms with van der Waals surface area (Å²) in [6.45, 7) is 4.40. The Kier molecular flexibility index (Phi) is 7.47. The number of amides is 1. The molecule has 0 saturated heterocycles. The molecule has 0 heterocycles. The number of benzene rings is 2. The van der Waals surface area contributed by atoms with Gasteiger partial charge in [0.25, 0.3) is 5.91 Å². The van der Waals surface area contributed by atoms with E-state index in [0.717, 1.165) is 22.1 Å². The van der Waals surface area contributed by atoms with Crippen LogP contribution in [0.4, 0.5) is 0 Å². The number of carbonyl (C=O) groups excluding carboxylic acids is 1. The Hall–Kier alpha value is -1.65. The summed E-state index contributed by atoms with van der Waals surface area (Å²) in [6, 6.07) is 15.5. The molecule has 0 aliphatic rings. The third-order valence-corrected chi connectivity index (χ3v) is 4.71. The first-order chi connectivity index (χ1) is 11.5. The van der Waals surface area contributed by atoms with E-state index in [0.29, 0.717) is 12.3 Å². The van der Waals surface area contributed by atoms with Crippen LogP contribution in [0.5, 0.6) is 5.75 Å². The molecule has 0 radical (unpaired) electrons. The van der Waals surface area contributed by atoms with E-state index in [1.807, 2.05) is 55.5 Å². The molecule has 0 spiro atoms. The number of carbonyl (C=O) groups is 1. The SMILES string of the molecule is Cc1ccc(O[C@H](C)C(=O)NCCSCc2ccc(Cl)cc2)cc1. The lowest BCUT2D eigenvalue weighted by Gasteiger charge is -2.14. The smallest absolute Gasteiger partial charge is 0.260 e. The Balaban J connectivity index is 1.63. The van der Waals surface area contributed by atoms with Crippen LogP contribution in [0.25, 0.3) is 0 Å². The molecule has 0 unspecified atom stereocenters. The van der Waals surface area contributed by atoms with E-state index in [9.17, 15) is 4.79 Å². The van der Waals surface area contributed by atoms with Crippen molar-refractivity contribution in [3.05, 3.63) is 64.7 Å². The van der Waals surface area contributed by atoms with Gasteiger partial charge in [-0.05, 0) is 43.7 Å². The maximum atomic E-state index is 12.0. The van der Waals surface area contributed by atoms with Gasteiger partial charge in [0.1, 0.15) is 5.75 Å². The van der Waals surface area contributed by atoms with Crippen molar-refractivity contribution < 1.29 is 9.53 Å². The van der Waals surface area contributed by atoms with E-state index in [1.54, 1.807) is 18.7 Å². The van der Waals surface area contributed by atoms with E-state index in [2.05, 4.69) is 5.32 Å². The van der Waals surface area contributed by atoms with Crippen LogP contribution in [0.15, 0.2) is 48.5 Å². The fourth-order valence-electron chi connectivity index (χ4n) is 2.04. The highest BCUT2D eigenvalue weighted by molar-refractivity contribution is 7.98. The normalized spacial score (nSPS) is 11.8. The van der Waals surface area contributed by atoms with Crippen molar-refractivity contribution >= 4 is 29.3 Å². The average molecular weight is 364 g/mol. The van der Waals surface area contributed by atoms with Gasteiger partial charge in [-0.25, -0.2) is 0 Å². The van der Waals surface area contributed by atoms with Gasteiger partial charge >= 0.3 is 0 Å². The second-order valence-electron chi connectivity index (χ2n) is 5.54. The van der Waals surface area contributed by atoms with E-state index < -0.39 is 6.10 Å². The van der Waals surface area contributed by atoms with Gasteiger partial charge in [0, 0.05) is 23.1 Å². The molecule has 1 amide bonds. The van der Waals surface area contributed by atoms with Gasteiger partial charge < -0.3 is 10.1 Å². The Morgan fingerprint density at radius 1 is 1.17 bits per heavy atom. The second kappa shape index (κ2) is 9.60. The summed E-state index contributed by atoms with van der Waals surface area (Å²) in [5, 5.41) is 3.65. The summed E-state index contributed by atoms with van der Waals surface area (Å²) in [7, 11) is 0. The maximum Gasteiger partial charge on any atom is 0.260 e. The highest BCUT2D eigenvalue weighted by Gasteiger charge is 2.13. The zero-order chi connectivity index (χ0) is 17.4. The van der Waals surface area contributed by atoms with Crippen molar-refractivity contribution in [2.75, 3.05) is 12.3 Å². The van der Waals surface area contributed by atoms with E-state index in [-0.39, 0.29) is 5.91 Å². The van der Waals surface area contributed by atoms with Crippen LogP contribution >= 0.6 is 23.4 Å². The predicted molar refractivity (Wildman–Crippen MR) is 102 cm³/mol. The fourth-order valence-corrected chi connectivity index (χ4v) is 2.98. The Bertz CT molecular complexity index is 643. The van der Waals surface area contributed by atoms with Gasteiger partial charge in [0.15, 0.2) is 6.10 Å². The first kappa shape index (κ1) is 18.7. The molecule has 0 saturated carbocycles. The number of halogens is 1. The van der Waals surface area contributed by atoms with E-state index in [4.69, 9.17) is 16.3 Å². The summed E-state index contributed by atoms with van der Waals surface area (Å²) < 4.78 is 5.64. The maximum absolute atomic E-state index is 12.0. The van der Waals surface area contributed by atoms with Gasteiger partial charge in [0.05, 0.1) is 0 Å². The van der Waals surface area contributed by atoms with Crippen molar-refractivity contribution in [3.63, 3.8) is 0 Å². The number of rotatable bonds is 8. The van der Waals surface area contributed by atoms with Crippen LogP contribution in [-0.2, 0) is 10.5 Å². The lowest BCUT2D eigenvalue weighted by Crippen LogP contribution is -2.37. The lowest BCUT2D eigenvalue weighted by atomic mass is 10.2. The van der Waals surface area contributed by atoms with E-state index in [1.165, 1.54) is 5.56 Å². The van der Waals surface area contributed by atoms with Gasteiger partial charge in [0.2, 0.25) is 0 Å². The van der Waals surface area contributed by atoms with Crippen LogP contribution in [0, 0.1) is 6.92 Å². The van der Waals surface area contributed by atoms with Crippen molar-refractivity contribution in [1.82, 2.24) is 5.32 Å². The Morgan fingerprint density at radius 3 is 2.50 bits per heavy atom. The highest BCUT2D eigenvalue weighted by atomic mass is 35.5. The number of thioether (sulfide) groups is 1. The predicted octanol–water partition coefficient (Wildman–Crippen LogP) is 4.47. The third kappa shape index (κ3) is 6.46. The third-order valence-electron chi connectivity index (χ3n) is 3.43. The average Bonchev–Trinajstić information content (AvgIpc) is 2.58. The number of hydrogen-bond acceptors (Lipinski definition) is 3. The van der Waals surface area contributed by atoms with E-state index >= 15 is 0 Å². The van der Waals surface area contributed by atoms with Gasteiger partial charge in [-0.15, -0.1) is 0 Å². The molecule has 0 fully saturated rings. The molecule has 24 heavy (non-hydrogen) atoms. The van der Waals surface area contributed by atoms with Crippen molar-refractivity contribution in [2.45, 2.75) is 25.7 Å². The minimum Gasteiger partial charge on any atom is -0.481 e. The molecule has 2 aromatic rings. The molecular weight excluding hydrogens is 342 g/mol. The first-order valence-corrected chi connectivity index (χ1v) is 9.41. The van der Waals surface area contributed by atoms with Crippen LogP contribution in [-0.4, -0.2) is 24.3 Å². The summed E-state index contributed by atoms with van der Waals surface area (Å²) >= 11 is 7.63. The molecule has 0 aromatic heterocycles. The molecular formula is C19H22ClNO2S. The molecule has 0 bridgehead atoms. The van der Waals surface area contributed by atoms with Crippen molar-refractivity contribution in [3.8, 4) is 5.75 Å². The zero-order valence-corrected chi connectivity index (χ0v) is 15.5. The van der Waals surface area contributed by atoms with Gasteiger partial charge in [-0.1, -0.05) is 41.4 Å². The minimum atomic E-state index is -0.506. The number of nitrogens with one attached hydrogen (secondary N) is 1. The molecule has 0 aliphatic carbocycles. The van der Waals surface area contributed by atoms with Gasteiger partial charge in [-0.3, -0.25) is 4.79 Å². The quantitative estimate of drug-likeness (QED) is 0.703. The molecule has 3 nitrogen and oxygen atoms in total. The fraction of sp³-hybridized carbons (Fsp3) is 0.316. The molecule has 2 rings (SSSR count). The van der Waals surface area contributed by atoms with Crippen molar-refractivity contribution in [1.29, 1.82) is 0 Å². The van der Waals surface area contributed by atoms with Crippen LogP contribution < -0.4 is 10.1 Å². The molecule has 5 heteroatoms. The van der Waals surface area contributed by atoms with Crippen LogP contribution in [0.2, 0.25) is 5.02 Å². The Morgan fingerprint density at radius 2 is 1.83 bits per heavy atom.